The Morgan fingerprint density at radius 3 is 2.35 bits per heavy atom. The van der Waals surface area contributed by atoms with E-state index in [1.165, 1.54) is 0 Å². The molecule has 0 bridgehead atoms. The van der Waals surface area contributed by atoms with Gasteiger partial charge in [-0.3, -0.25) is 5.10 Å². The van der Waals surface area contributed by atoms with Crippen molar-refractivity contribution in [2.45, 2.75) is 65.2 Å². The predicted octanol–water partition coefficient (Wildman–Crippen LogP) is 2.78. The number of nitrogens with one attached hydrogen (secondary N) is 2. The molecule has 2 heterocycles. The predicted molar refractivity (Wildman–Crippen MR) is 69.3 cm³/mol. The van der Waals surface area contributed by atoms with Crippen molar-refractivity contribution in [3.05, 3.63) is 11.4 Å². The molecule has 1 saturated heterocycles. The molecule has 1 atom stereocenters. The first kappa shape index (κ1) is 12.4. The summed E-state index contributed by atoms with van der Waals surface area (Å²) in [6.07, 6.45) is 1.00. The number of H-pyrrole nitrogens is 1. The first-order valence-corrected chi connectivity index (χ1v) is 6.19. The molecule has 0 radical (unpaired) electrons. The Morgan fingerprint density at radius 2 is 1.94 bits per heavy atom. The lowest BCUT2D eigenvalue weighted by Gasteiger charge is -2.28. The fourth-order valence-electron chi connectivity index (χ4n) is 2.72. The summed E-state index contributed by atoms with van der Waals surface area (Å²) < 4.78 is 6.08. The van der Waals surface area contributed by atoms with E-state index in [-0.39, 0.29) is 11.2 Å². The number of anilines is 1. The summed E-state index contributed by atoms with van der Waals surface area (Å²) in [6, 6.07) is 0.312. The van der Waals surface area contributed by atoms with Gasteiger partial charge in [0.2, 0.25) is 0 Å². The second-order valence-electron chi connectivity index (χ2n) is 6.18. The molecule has 1 aliphatic heterocycles. The summed E-state index contributed by atoms with van der Waals surface area (Å²) >= 11 is 0. The van der Waals surface area contributed by atoms with Crippen LogP contribution in [-0.2, 0) is 4.74 Å². The molecule has 1 fully saturated rings. The van der Waals surface area contributed by atoms with Gasteiger partial charge >= 0.3 is 0 Å². The van der Waals surface area contributed by atoms with Crippen LogP contribution < -0.4 is 5.32 Å². The van der Waals surface area contributed by atoms with Crippen LogP contribution in [0.1, 0.15) is 45.5 Å². The molecule has 1 aromatic rings. The monoisotopic (exact) mass is 237 g/mol. The average Bonchev–Trinajstić information content (AvgIpc) is 2.55. The molecule has 1 aliphatic rings. The molecule has 4 nitrogen and oxygen atoms in total. The van der Waals surface area contributed by atoms with E-state index in [2.05, 4.69) is 43.2 Å². The van der Waals surface area contributed by atoms with Crippen molar-refractivity contribution in [1.82, 2.24) is 10.2 Å². The zero-order valence-electron chi connectivity index (χ0n) is 11.6. The van der Waals surface area contributed by atoms with Gasteiger partial charge in [-0.1, -0.05) is 0 Å². The Morgan fingerprint density at radius 1 is 1.29 bits per heavy atom. The van der Waals surface area contributed by atoms with Gasteiger partial charge in [0.1, 0.15) is 0 Å². The highest BCUT2D eigenvalue weighted by molar-refractivity contribution is 5.52. The number of hydrogen-bond donors (Lipinski definition) is 2. The average molecular weight is 237 g/mol. The topological polar surface area (TPSA) is 49.9 Å². The molecule has 2 rings (SSSR count). The minimum atomic E-state index is -0.153. The molecule has 17 heavy (non-hydrogen) atoms. The van der Waals surface area contributed by atoms with E-state index in [9.17, 15) is 0 Å². The van der Waals surface area contributed by atoms with Crippen LogP contribution in [0.3, 0.4) is 0 Å². The highest BCUT2D eigenvalue weighted by Crippen LogP contribution is 2.39. The Kier molecular flexibility index (Phi) is 2.73. The van der Waals surface area contributed by atoms with Gasteiger partial charge in [0.25, 0.3) is 0 Å². The van der Waals surface area contributed by atoms with Crippen molar-refractivity contribution >= 4 is 5.69 Å². The largest absolute Gasteiger partial charge is 0.376 e. The molecule has 0 aromatic carbocycles. The molecule has 1 unspecified atom stereocenters. The fraction of sp³-hybridized carbons (Fsp3) is 0.769. The fourth-order valence-corrected chi connectivity index (χ4v) is 2.72. The Labute approximate surface area is 103 Å². The highest BCUT2D eigenvalue weighted by Gasteiger charge is 2.46. The van der Waals surface area contributed by atoms with E-state index in [0.717, 1.165) is 23.5 Å². The van der Waals surface area contributed by atoms with Crippen LogP contribution >= 0.6 is 0 Å². The van der Waals surface area contributed by atoms with Crippen LogP contribution in [-0.4, -0.2) is 27.4 Å². The third-order valence-corrected chi connectivity index (χ3v) is 3.52. The standard InChI is InChI=1S/C13H23N3O/c1-8-11(9(2)16-15-8)14-10-7-12(3,4)17-13(10,5)6/h10,14H,7H2,1-6H3,(H,15,16). The van der Waals surface area contributed by atoms with Crippen LogP contribution in [0.25, 0.3) is 0 Å². The SMILES string of the molecule is Cc1n[nH]c(C)c1NC1CC(C)(C)OC1(C)C. The van der Waals surface area contributed by atoms with Crippen molar-refractivity contribution < 1.29 is 4.74 Å². The molecule has 2 N–H and O–H groups in total. The molecule has 0 spiro atoms. The van der Waals surface area contributed by atoms with Gasteiger partial charge in [-0.2, -0.15) is 5.10 Å². The van der Waals surface area contributed by atoms with Gasteiger partial charge in [0.15, 0.2) is 0 Å². The van der Waals surface area contributed by atoms with E-state index in [4.69, 9.17) is 4.74 Å². The number of nitrogens with zero attached hydrogens (tertiary/aromatic N) is 1. The Hall–Kier alpha value is -1.03. The molecule has 0 aliphatic carbocycles. The normalized spacial score (nSPS) is 26.1. The summed E-state index contributed by atoms with van der Waals surface area (Å²) in [5.74, 6) is 0. The summed E-state index contributed by atoms with van der Waals surface area (Å²) in [6.45, 7) is 12.6. The second-order valence-corrected chi connectivity index (χ2v) is 6.18. The lowest BCUT2D eigenvalue weighted by atomic mass is 9.94. The molecule has 96 valence electrons. The van der Waals surface area contributed by atoms with Gasteiger partial charge in [-0.05, 0) is 48.0 Å². The first-order chi connectivity index (χ1) is 7.71. The van der Waals surface area contributed by atoms with Crippen molar-refractivity contribution in [3.8, 4) is 0 Å². The number of aromatic amines is 1. The Balaban J connectivity index is 2.20. The quantitative estimate of drug-likeness (QED) is 0.831. The van der Waals surface area contributed by atoms with E-state index >= 15 is 0 Å². The third-order valence-electron chi connectivity index (χ3n) is 3.52. The molecular weight excluding hydrogens is 214 g/mol. The lowest BCUT2D eigenvalue weighted by molar-refractivity contribution is -0.0662. The maximum atomic E-state index is 6.08. The van der Waals surface area contributed by atoms with Gasteiger partial charge in [-0.25, -0.2) is 0 Å². The number of aromatic nitrogens is 2. The number of ether oxygens (including phenoxy) is 1. The van der Waals surface area contributed by atoms with Crippen molar-refractivity contribution in [2.24, 2.45) is 0 Å². The molecule has 0 amide bonds. The number of rotatable bonds is 2. The van der Waals surface area contributed by atoms with Crippen molar-refractivity contribution in [2.75, 3.05) is 5.32 Å². The van der Waals surface area contributed by atoms with Crippen LogP contribution in [0, 0.1) is 13.8 Å². The van der Waals surface area contributed by atoms with Gasteiger partial charge in [0.05, 0.1) is 34.3 Å². The molecule has 0 saturated carbocycles. The van der Waals surface area contributed by atoms with Crippen molar-refractivity contribution in [1.29, 1.82) is 0 Å². The molecule has 1 aromatic heterocycles. The maximum absolute atomic E-state index is 6.08. The summed E-state index contributed by atoms with van der Waals surface area (Å²) in [7, 11) is 0. The minimum Gasteiger partial charge on any atom is -0.376 e. The van der Waals surface area contributed by atoms with E-state index < -0.39 is 0 Å². The summed E-state index contributed by atoms with van der Waals surface area (Å²) in [4.78, 5) is 0. The summed E-state index contributed by atoms with van der Waals surface area (Å²) in [5.41, 5.74) is 3.00. The zero-order valence-corrected chi connectivity index (χ0v) is 11.6. The summed E-state index contributed by atoms with van der Waals surface area (Å²) in [5, 5.41) is 10.8. The third kappa shape index (κ3) is 2.32. The van der Waals surface area contributed by atoms with E-state index in [1.54, 1.807) is 0 Å². The van der Waals surface area contributed by atoms with Gasteiger partial charge in [0, 0.05) is 0 Å². The lowest BCUT2D eigenvalue weighted by Crippen LogP contribution is -2.38. The van der Waals surface area contributed by atoms with Gasteiger partial charge in [-0.15, -0.1) is 0 Å². The molecule has 4 heteroatoms. The maximum Gasteiger partial charge on any atom is 0.0834 e. The second kappa shape index (κ2) is 3.73. The van der Waals surface area contributed by atoms with Crippen molar-refractivity contribution in [3.63, 3.8) is 0 Å². The van der Waals surface area contributed by atoms with Crippen LogP contribution in [0.4, 0.5) is 5.69 Å². The van der Waals surface area contributed by atoms with E-state index in [0.29, 0.717) is 6.04 Å². The smallest absolute Gasteiger partial charge is 0.0834 e. The van der Waals surface area contributed by atoms with Crippen LogP contribution in [0.2, 0.25) is 0 Å². The van der Waals surface area contributed by atoms with Crippen LogP contribution in [0.5, 0.6) is 0 Å². The highest BCUT2D eigenvalue weighted by atomic mass is 16.5. The zero-order chi connectivity index (χ0) is 12.8. The van der Waals surface area contributed by atoms with Gasteiger partial charge < -0.3 is 10.1 Å². The minimum absolute atomic E-state index is 0.0628. The number of aryl methyl sites for hydroxylation is 2. The number of hydrogen-bond acceptors (Lipinski definition) is 3. The first-order valence-electron chi connectivity index (χ1n) is 6.19. The molecular formula is C13H23N3O. The van der Waals surface area contributed by atoms with E-state index in [1.807, 2.05) is 13.8 Å². The Bertz CT molecular complexity index is 401. The van der Waals surface area contributed by atoms with Crippen LogP contribution in [0.15, 0.2) is 0 Å².